The number of carboxylic acids is 1. The molecule has 21 atom stereocenters. The van der Waals surface area contributed by atoms with Crippen LogP contribution in [0, 0.1) is 34.5 Å². The van der Waals surface area contributed by atoms with E-state index in [9.17, 15) is 35.4 Å². The van der Waals surface area contributed by atoms with Crippen molar-refractivity contribution in [2.24, 2.45) is 34.5 Å². The van der Waals surface area contributed by atoms with E-state index in [0.29, 0.717) is 18.3 Å². The average molecular weight is 841 g/mol. The number of cyclic esters (lactones) is 1. The smallest absolute Gasteiger partial charge is 0.331 e. The molecule has 16 nitrogen and oxygen atoms in total. The van der Waals surface area contributed by atoms with Gasteiger partial charge in [0.05, 0.1) is 54.4 Å². The Bertz CT molecular complexity index is 1500. The van der Waals surface area contributed by atoms with Gasteiger partial charge in [-0.25, -0.2) is 4.79 Å². The molecule has 0 spiro atoms. The molecule has 8 aliphatic rings. The van der Waals surface area contributed by atoms with Crippen LogP contribution >= 0.6 is 0 Å². The molecule has 1 unspecified atom stereocenters. The third kappa shape index (κ3) is 8.64. The number of carbonyl (C=O) groups is 2. The first kappa shape index (κ1) is 45.2. The fraction of sp³-hybridized carbons (Fsp3) is 0.907. The lowest BCUT2D eigenvalue weighted by Crippen LogP contribution is -2.62. The monoisotopic (exact) mass is 840 g/mol. The highest BCUT2D eigenvalue weighted by Gasteiger charge is 2.70. The number of aliphatic carboxylic acids is 1. The molecule has 7 fully saturated rings. The molecule has 0 radical (unpaired) electrons. The van der Waals surface area contributed by atoms with Crippen molar-refractivity contribution in [3.8, 4) is 0 Å². The molecule has 7 N–H and O–H groups in total. The van der Waals surface area contributed by atoms with Crippen LogP contribution in [0.25, 0.3) is 0 Å². The van der Waals surface area contributed by atoms with Crippen molar-refractivity contribution in [3.05, 3.63) is 11.6 Å². The van der Waals surface area contributed by atoms with E-state index in [-0.39, 0.29) is 55.2 Å². The summed E-state index contributed by atoms with van der Waals surface area (Å²) in [7, 11) is 0. The summed E-state index contributed by atoms with van der Waals surface area (Å²) in [6.07, 6.45) is -1.26. The number of carboxylic acid groups (broad SMARTS) is 1. The minimum absolute atomic E-state index is 0.0203. The Morgan fingerprint density at radius 3 is 1.83 bits per heavy atom. The molecule has 336 valence electrons. The van der Waals surface area contributed by atoms with E-state index < -0.39 is 96.9 Å². The Balaban J connectivity index is 0.00000126. The molecule has 3 saturated heterocycles. The summed E-state index contributed by atoms with van der Waals surface area (Å²) in [4.78, 5) is 21.0. The molecule has 4 heterocycles. The van der Waals surface area contributed by atoms with Crippen molar-refractivity contribution in [3.63, 3.8) is 0 Å². The topological polar surface area (TPSA) is 240 Å². The van der Waals surface area contributed by atoms with Gasteiger partial charge >= 0.3 is 5.97 Å². The summed E-state index contributed by atoms with van der Waals surface area (Å²) in [5, 5.41) is 73.8. The van der Waals surface area contributed by atoms with Crippen molar-refractivity contribution >= 4 is 11.9 Å². The molecule has 4 aliphatic carbocycles. The molecule has 8 rings (SSSR count). The van der Waals surface area contributed by atoms with E-state index >= 15 is 0 Å². The number of ether oxygens (including phenoxy) is 7. The molecule has 0 amide bonds. The van der Waals surface area contributed by atoms with Crippen LogP contribution in [0.15, 0.2) is 11.6 Å². The first-order valence-electron chi connectivity index (χ1n) is 21.9. The predicted molar refractivity (Wildman–Crippen MR) is 206 cm³/mol. The van der Waals surface area contributed by atoms with Crippen molar-refractivity contribution in [2.75, 3.05) is 6.61 Å². The van der Waals surface area contributed by atoms with Crippen molar-refractivity contribution in [2.45, 2.75) is 204 Å². The van der Waals surface area contributed by atoms with Crippen molar-refractivity contribution in [1.29, 1.82) is 0 Å². The molecule has 0 bridgehead atoms. The van der Waals surface area contributed by atoms with Crippen molar-refractivity contribution < 1.29 is 78.5 Å². The highest BCUT2D eigenvalue weighted by Crippen LogP contribution is 2.70. The maximum Gasteiger partial charge on any atom is 0.331 e. The van der Waals surface area contributed by atoms with Gasteiger partial charge in [0.2, 0.25) is 0 Å². The van der Waals surface area contributed by atoms with Crippen LogP contribution in [0.1, 0.15) is 112 Å². The number of carbonyl (C=O) groups excluding carboxylic acids is 1. The van der Waals surface area contributed by atoms with E-state index in [4.69, 9.17) is 43.1 Å². The van der Waals surface area contributed by atoms with Gasteiger partial charge in [0.1, 0.15) is 24.9 Å². The highest BCUT2D eigenvalue weighted by atomic mass is 16.7. The standard InChI is InChI=1S/C41H64O14.C2H4O2/c1-19-36(47)27(42)14-33(50-19)54-38-21(3)52-34(16-29(38)44)55-37-20(2)51-32(15-28(37)43)53-24-8-10-39(4)23(13-24)6-7-26-25(39)9-11-40(5)35(22-12-31(46)49-18-22)30(45)17-41(26,40)48;1-2(3)4/h12,19-21,23-30,32-38,42-45,47-48H,6-11,13-18H2,1-5H3;1H3,(H,3,4)/t19-,20-,21-,23-,24+,25+,26-,27+,28+,29+,30+,32-,33-,34-,35+,36-,37-,38-,39+,40-,41?;/m0./s1. The van der Waals surface area contributed by atoms with Crippen LogP contribution in [-0.2, 0) is 42.7 Å². The first-order chi connectivity index (χ1) is 27.7. The maximum atomic E-state index is 12.6. The van der Waals surface area contributed by atoms with Crippen LogP contribution in [0.3, 0.4) is 0 Å². The van der Waals surface area contributed by atoms with Gasteiger partial charge in [-0.2, -0.15) is 0 Å². The van der Waals surface area contributed by atoms with Gasteiger partial charge in [-0.1, -0.05) is 13.8 Å². The van der Waals surface area contributed by atoms with Crippen LogP contribution in [0.4, 0.5) is 0 Å². The lowest BCUT2D eigenvalue weighted by atomic mass is 9.43. The second-order valence-electron chi connectivity index (χ2n) is 19.4. The third-order valence-corrected chi connectivity index (χ3v) is 15.8. The van der Waals surface area contributed by atoms with Crippen molar-refractivity contribution in [1.82, 2.24) is 0 Å². The number of aliphatic hydroxyl groups is 6. The molecule has 0 aromatic carbocycles. The summed E-state index contributed by atoms with van der Waals surface area (Å²) in [6, 6.07) is 0. The number of hydrogen-bond donors (Lipinski definition) is 7. The number of hydrogen-bond acceptors (Lipinski definition) is 15. The fourth-order valence-electron chi connectivity index (χ4n) is 12.9. The Labute approximate surface area is 346 Å². The Kier molecular flexibility index (Phi) is 13.3. The Hall–Kier alpha value is -1.80. The van der Waals surface area contributed by atoms with Crippen LogP contribution in [-0.4, -0.2) is 146 Å². The van der Waals surface area contributed by atoms with E-state index in [2.05, 4.69) is 13.8 Å². The number of aliphatic hydroxyl groups excluding tert-OH is 5. The Morgan fingerprint density at radius 1 is 0.729 bits per heavy atom. The van der Waals surface area contributed by atoms with Gasteiger partial charge < -0.3 is 68.9 Å². The maximum absolute atomic E-state index is 12.6. The molecule has 4 saturated carbocycles. The Morgan fingerprint density at radius 2 is 1.29 bits per heavy atom. The SMILES string of the molecule is CC(=O)O.C[C@@H]1O[C@@H](O[C@@H]2[C@H](O)C[C@H](O[C@@H]3[C@H](O)C[C@H](O[C@@H]4CC[C@]5(C)[C@@H](CC[C@H]6[C@H]5CC[C@@]5(C)[C@H](C7=CC(=O)OC7)[C@H](O)CC65O)C4)O[C@H]3C)O[C@H]2C)C[C@@H](O)[C@H]1O. The zero-order chi connectivity index (χ0) is 42.8. The predicted octanol–water partition coefficient (Wildman–Crippen LogP) is 2.31. The zero-order valence-corrected chi connectivity index (χ0v) is 35.3. The van der Waals surface area contributed by atoms with Gasteiger partial charge in [0, 0.05) is 50.0 Å². The summed E-state index contributed by atoms with van der Waals surface area (Å²) < 4.78 is 42.1. The molecule has 0 aromatic heterocycles. The number of rotatable bonds is 7. The molecular weight excluding hydrogens is 772 g/mol. The summed E-state index contributed by atoms with van der Waals surface area (Å²) in [5.74, 6) is -0.659. The second-order valence-corrected chi connectivity index (χ2v) is 19.4. The first-order valence-corrected chi connectivity index (χ1v) is 21.9. The number of fused-ring (bicyclic) bond motifs is 5. The lowest BCUT2D eigenvalue weighted by Gasteiger charge is -2.63. The van der Waals surface area contributed by atoms with E-state index in [1.165, 1.54) is 6.08 Å². The van der Waals surface area contributed by atoms with E-state index in [1.807, 2.05) is 6.92 Å². The molecule has 16 heteroatoms. The van der Waals surface area contributed by atoms with E-state index in [1.54, 1.807) is 13.8 Å². The summed E-state index contributed by atoms with van der Waals surface area (Å²) in [6.45, 7) is 11.1. The van der Waals surface area contributed by atoms with Gasteiger partial charge in [-0.15, -0.1) is 0 Å². The zero-order valence-electron chi connectivity index (χ0n) is 35.3. The minimum atomic E-state index is -1.01. The molecule has 4 aliphatic heterocycles. The highest BCUT2D eigenvalue weighted by molar-refractivity contribution is 5.85. The molecule has 0 aromatic rings. The quantitative estimate of drug-likeness (QED) is 0.144. The van der Waals surface area contributed by atoms with Gasteiger partial charge in [0.15, 0.2) is 18.9 Å². The third-order valence-electron chi connectivity index (χ3n) is 15.8. The van der Waals surface area contributed by atoms with Crippen LogP contribution in [0.5, 0.6) is 0 Å². The van der Waals surface area contributed by atoms with E-state index in [0.717, 1.165) is 57.4 Å². The van der Waals surface area contributed by atoms with Gasteiger partial charge in [-0.3, -0.25) is 4.79 Å². The van der Waals surface area contributed by atoms with Crippen LogP contribution < -0.4 is 0 Å². The van der Waals surface area contributed by atoms with Gasteiger partial charge in [-0.05, 0) is 94.5 Å². The molecular formula is C43H68O16. The van der Waals surface area contributed by atoms with Crippen LogP contribution in [0.2, 0.25) is 0 Å². The normalized spacial score (nSPS) is 52.2. The fourth-order valence-corrected chi connectivity index (χ4v) is 12.9. The average Bonchev–Trinajstić information content (AvgIpc) is 3.65. The molecule has 59 heavy (non-hydrogen) atoms. The van der Waals surface area contributed by atoms with Gasteiger partial charge in [0.25, 0.3) is 5.97 Å². The summed E-state index contributed by atoms with van der Waals surface area (Å²) >= 11 is 0. The largest absolute Gasteiger partial charge is 0.481 e. The summed E-state index contributed by atoms with van der Waals surface area (Å²) in [5.41, 5.74) is -0.686. The lowest BCUT2D eigenvalue weighted by molar-refractivity contribution is -0.336. The minimum Gasteiger partial charge on any atom is -0.481 e. The number of esters is 1. The second kappa shape index (κ2) is 17.4.